The number of unbranched alkanes of at least 4 members (excludes halogenated alkanes) is 2. The molecule has 222 valence electrons. The standard InChI is InChI=1S/C31H42ClFO7/c1-6-8-9-10-26(38)40-31(24(36)17-39-25(37)7-2)18(3)15-21-19-11-12-20-27(33)22(34)13-14-28(20,4)30(19,32)23(35)16-29(21,31)5/h13-14,18-19,21,23,35H,6-12,15-17H2,1-5H3/t18-,19-,21-,23-,28-,29-,30-,31-/m0/s1. The second-order valence-electron chi connectivity index (χ2n) is 12.6. The van der Waals surface area contributed by atoms with E-state index < -0.39 is 69.3 Å². The van der Waals surface area contributed by atoms with Crippen LogP contribution in [0.2, 0.25) is 0 Å². The van der Waals surface area contributed by atoms with Crippen LogP contribution in [-0.4, -0.2) is 51.8 Å². The molecule has 4 aliphatic carbocycles. The number of hydrogen-bond acceptors (Lipinski definition) is 7. The molecular formula is C31H42ClFO7. The third kappa shape index (κ3) is 4.31. The molecule has 0 heterocycles. The number of fused-ring (bicyclic) bond motifs is 5. The van der Waals surface area contributed by atoms with Crippen molar-refractivity contribution in [2.75, 3.05) is 6.61 Å². The number of carbonyl (C=O) groups is 4. The molecule has 4 rings (SSSR count). The van der Waals surface area contributed by atoms with Crippen molar-refractivity contribution in [3.63, 3.8) is 0 Å². The van der Waals surface area contributed by atoms with Gasteiger partial charge >= 0.3 is 11.9 Å². The lowest BCUT2D eigenvalue weighted by molar-refractivity contribution is -0.204. The van der Waals surface area contributed by atoms with Gasteiger partial charge in [0.2, 0.25) is 11.6 Å². The van der Waals surface area contributed by atoms with Gasteiger partial charge in [0, 0.05) is 29.6 Å². The van der Waals surface area contributed by atoms with Crippen LogP contribution in [0.5, 0.6) is 0 Å². The van der Waals surface area contributed by atoms with Gasteiger partial charge in [-0.2, -0.15) is 0 Å². The minimum Gasteiger partial charge on any atom is -0.457 e. The lowest BCUT2D eigenvalue weighted by atomic mass is 9.45. The summed E-state index contributed by atoms with van der Waals surface area (Å²) < 4.78 is 26.6. The molecular weight excluding hydrogens is 539 g/mol. The quantitative estimate of drug-likeness (QED) is 0.216. The summed E-state index contributed by atoms with van der Waals surface area (Å²) in [5, 5.41) is 11.9. The van der Waals surface area contributed by atoms with E-state index in [9.17, 15) is 24.3 Å². The highest BCUT2D eigenvalue weighted by atomic mass is 35.5. The number of halogens is 2. The van der Waals surface area contributed by atoms with E-state index in [0.717, 1.165) is 12.8 Å². The fourth-order valence-electron chi connectivity index (χ4n) is 8.58. The van der Waals surface area contributed by atoms with Crippen LogP contribution >= 0.6 is 11.6 Å². The molecule has 0 amide bonds. The van der Waals surface area contributed by atoms with E-state index in [-0.39, 0.29) is 37.5 Å². The van der Waals surface area contributed by atoms with Gasteiger partial charge in [-0.25, -0.2) is 4.39 Å². The van der Waals surface area contributed by atoms with E-state index in [4.69, 9.17) is 21.1 Å². The fraction of sp³-hybridized carbons (Fsp3) is 0.742. The predicted molar refractivity (Wildman–Crippen MR) is 147 cm³/mol. The van der Waals surface area contributed by atoms with Gasteiger partial charge in [0.15, 0.2) is 18.0 Å². The molecule has 0 unspecified atom stereocenters. The predicted octanol–water partition coefficient (Wildman–Crippen LogP) is 5.55. The molecule has 8 atom stereocenters. The van der Waals surface area contributed by atoms with Gasteiger partial charge < -0.3 is 14.6 Å². The molecule has 0 spiro atoms. The molecule has 0 bridgehead atoms. The summed E-state index contributed by atoms with van der Waals surface area (Å²) in [7, 11) is 0. The number of alkyl halides is 1. The highest BCUT2D eigenvalue weighted by molar-refractivity contribution is 6.26. The lowest BCUT2D eigenvalue weighted by Gasteiger charge is -2.64. The van der Waals surface area contributed by atoms with Gasteiger partial charge in [0.25, 0.3) is 0 Å². The maximum absolute atomic E-state index is 15.1. The van der Waals surface area contributed by atoms with Crippen molar-refractivity contribution in [2.24, 2.45) is 28.6 Å². The molecule has 7 nitrogen and oxygen atoms in total. The summed E-state index contributed by atoms with van der Waals surface area (Å²) in [5.41, 5.74) is -3.46. The number of rotatable bonds is 9. The number of ether oxygens (including phenoxy) is 2. The topological polar surface area (TPSA) is 107 Å². The normalized spacial score (nSPS) is 40.2. The van der Waals surface area contributed by atoms with Crippen LogP contribution in [-0.2, 0) is 28.7 Å². The zero-order valence-corrected chi connectivity index (χ0v) is 24.9. The maximum atomic E-state index is 15.1. The number of ketones is 2. The Balaban J connectivity index is 1.78. The Hall–Kier alpha value is -2.06. The number of esters is 2. The highest BCUT2D eigenvalue weighted by Gasteiger charge is 2.76. The van der Waals surface area contributed by atoms with E-state index in [0.29, 0.717) is 24.8 Å². The first-order valence-corrected chi connectivity index (χ1v) is 15.0. The first-order valence-electron chi connectivity index (χ1n) is 14.6. The average molecular weight is 581 g/mol. The Morgan fingerprint density at radius 3 is 2.50 bits per heavy atom. The van der Waals surface area contributed by atoms with Crippen LogP contribution in [0.15, 0.2) is 23.6 Å². The molecule has 0 radical (unpaired) electrons. The number of aliphatic hydroxyl groups excluding tert-OH is 1. The molecule has 3 fully saturated rings. The average Bonchev–Trinajstić information content (AvgIpc) is 3.12. The van der Waals surface area contributed by atoms with Crippen molar-refractivity contribution in [1.29, 1.82) is 0 Å². The monoisotopic (exact) mass is 580 g/mol. The van der Waals surface area contributed by atoms with Crippen molar-refractivity contribution in [1.82, 2.24) is 0 Å². The first-order chi connectivity index (χ1) is 18.7. The maximum Gasteiger partial charge on any atom is 0.306 e. The molecule has 3 saturated carbocycles. The molecule has 0 saturated heterocycles. The summed E-state index contributed by atoms with van der Waals surface area (Å²) in [6, 6.07) is 0. The van der Waals surface area contributed by atoms with Crippen LogP contribution in [0.4, 0.5) is 4.39 Å². The number of allylic oxidation sites excluding steroid dienone is 4. The molecule has 0 aromatic heterocycles. The summed E-state index contributed by atoms with van der Waals surface area (Å²) in [5.74, 6) is -4.10. The van der Waals surface area contributed by atoms with Gasteiger partial charge in [0.1, 0.15) is 0 Å². The van der Waals surface area contributed by atoms with Crippen molar-refractivity contribution in [3.8, 4) is 0 Å². The number of aliphatic hydroxyl groups is 1. The Kier molecular flexibility index (Phi) is 8.47. The van der Waals surface area contributed by atoms with Crippen LogP contribution in [0.25, 0.3) is 0 Å². The molecule has 0 aliphatic heterocycles. The van der Waals surface area contributed by atoms with Crippen molar-refractivity contribution in [3.05, 3.63) is 23.6 Å². The summed E-state index contributed by atoms with van der Waals surface area (Å²) >= 11 is 7.44. The highest BCUT2D eigenvalue weighted by Crippen LogP contribution is 2.72. The molecule has 0 aromatic carbocycles. The molecule has 4 aliphatic rings. The summed E-state index contributed by atoms with van der Waals surface area (Å²) in [6.07, 6.45) is 5.44. The van der Waals surface area contributed by atoms with E-state index in [1.165, 1.54) is 6.08 Å². The van der Waals surface area contributed by atoms with Crippen LogP contribution in [0.1, 0.15) is 92.4 Å². The number of Topliss-reactive ketones (excluding diaryl/α,β-unsaturated/α-hetero) is 1. The number of carbonyl (C=O) groups excluding carboxylic acids is 4. The van der Waals surface area contributed by atoms with Gasteiger partial charge in [-0.05, 0) is 55.6 Å². The van der Waals surface area contributed by atoms with E-state index in [2.05, 4.69) is 0 Å². The van der Waals surface area contributed by atoms with Gasteiger partial charge in [-0.1, -0.05) is 53.5 Å². The molecule has 0 aromatic rings. The largest absolute Gasteiger partial charge is 0.457 e. The van der Waals surface area contributed by atoms with Gasteiger partial charge in [-0.3, -0.25) is 19.2 Å². The minimum atomic E-state index is -1.63. The Labute approximate surface area is 240 Å². The molecule has 1 N–H and O–H groups in total. The second-order valence-corrected chi connectivity index (χ2v) is 13.2. The SMILES string of the molecule is CCCCCC(=O)O[C@]1(C(=O)COC(=O)CC)[C@@H](C)C[C@H]2[C@@H]3CCC4=C(F)C(=O)C=C[C@]4(C)[C@@]3(Cl)[C@@H](O)C[C@@]21C. The second kappa shape index (κ2) is 11.0. The zero-order valence-electron chi connectivity index (χ0n) is 24.2. The van der Waals surface area contributed by atoms with E-state index in [1.807, 2.05) is 20.8 Å². The van der Waals surface area contributed by atoms with Crippen LogP contribution in [0, 0.1) is 28.6 Å². The minimum absolute atomic E-state index is 0.0178. The third-order valence-corrected chi connectivity index (χ3v) is 11.5. The van der Waals surface area contributed by atoms with Crippen LogP contribution in [0.3, 0.4) is 0 Å². The van der Waals surface area contributed by atoms with Crippen molar-refractivity contribution >= 4 is 35.1 Å². The fourth-order valence-corrected chi connectivity index (χ4v) is 9.10. The van der Waals surface area contributed by atoms with E-state index in [1.54, 1.807) is 19.9 Å². The van der Waals surface area contributed by atoms with E-state index >= 15 is 4.39 Å². The zero-order chi connectivity index (χ0) is 29.7. The Morgan fingerprint density at radius 1 is 1.15 bits per heavy atom. The third-order valence-electron chi connectivity index (χ3n) is 10.6. The smallest absolute Gasteiger partial charge is 0.306 e. The molecule has 9 heteroatoms. The lowest BCUT2D eigenvalue weighted by Crippen LogP contribution is -2.69. The Bertz CT molecular complexity index is 1150. The summed E-state index contributed by atoms with van der Waals surface area (Å²) in [6.45, 7) is 8.62. The van der Waals surface area contributed by atoms with Crippen molar-refractivity contribution < 1.29 is 38.1 Å². The summed E-state index contributed by atoms with van der Waals surface area (Å²) in [4.78, 5) is 50.1. The van der Waals surface area contributed by atoms with Gasteiger partial charge in [0.05, 0.1) is 11.0 Å². The van der Waals surface area contributed by atoms with Gasteiger partial charge in [-0.15, -0.1) is 11.6 Å². The molecule has 40 heavy (non-hydrogen) atoms. The Morgan fingerprint density at radius 2 is 1.85 bits per heavy atom. The number of hydrogen-bond donors (Lipinski definition) is 1. The van der Waals surface area contributed by atoms with Crippen molar-refractivity contribution in [2.45, 2.75) is 109 Å². The first kappa shape index (κ1) is 30.9. The van der Waals surface area contributed by atoms with Crippen LogP contribution < -0.4 is 0 Å².